The van der Waals surface area contributed by atoms with Crippen LogP contribution in [-0.4, -0.2) is 40.9 Å². The molecule has 27 heavy (non-hydrogen) atoms. The number of benzene rings is 1. The molecule has 10 nitrogen and oxygen atoms in total. The van der Waals surface area contributed by atoms with Crippen LogP contribution in [-0.2, 0) is 4.79 Å². The molecule has 2 heterocycles. The summed E-state index contributed by atoms with van der Waals surface area (Å²) in [6.45, 7) is 3.65. The van der Waals surface area contributed by atoms with Gasteiger partial charge in [-0.25, -0.2) is 0 Å². The first-order valence-electron chi connectivity index (χ1n) is 8.30. The van der Waals surface area contributed by atoms with Gasteiger partial charge in [0.2, 0.25) is 0 Å². The van der Waals surface area contributed by atoms with Crippen molar-refractivity contribution in [3.05, 3.63) is 49.8 Å². The third-order valence-electron chi connectivity index (χ3n) is 4.61. The first kappa shape index (κ1) is 18.5. The number of methoxy groups -OCH3 is 2. The average Bonchev–Trinajstić information content (AvgIpc) is 2.96. The van der Waals surface area contributed by atoms with Crippen LogP contribution in [0.25, 0.3) is 0 Å². The Balaban J connectivity index is 2.27. The summed E-state index contributed by atoms with van der Waals surface area (Å²) in [5.74, 6) is -0.803. The van der Waals surface area contributed by atoms with Crippen molar-refractivity contribution >= 4 is 11.7 Å². The molecule has 1 amide bonds. The van der Waals surface area contributed by atoms with Crippen LogP contribution in [0.2, 0.25) is 0 Å². The normalized spacial score (nSPS) is 18.8. The molecule has 0 fully saturated rings. The molecule has 0 spiro atoms. The minimum atomic E-state index is -1.64. The van der Waals surface area contributed by atoms with Crippen LogP contribution in [0.1, 0.15) is 36.9 Å². The van der Waals surface area contributed by atoms with Crippen molar-refractivity contribution in [2.45, 2.75) is 31.8 Å². The molecule has 1 aromatic carbocycles. The maximum atomic E-state index is 12.6. The highest BCUT2D eigenvalue weighted by atomic mass is 16.6. The molecule has 1 aromatic heterocycles. The van der Waals surface area contributed by atoms with Gasteiger partial charge in [0.15, 0.2) is 11.5 Å². The van der Waals surface area contributed by atoms with Gasteiger partial charge in [0.25, 0.3) is 5.56 Å². The van der Waals surface area contributed by atoms with Crippen molar-refractivity contribution < 1.29 is 19.2 Å². The van der Waals surface area contributed by atoms with Gasteiger partial charge in [-0.2, -0.15) is 0 Å². The van der Waals surface area contributed by atoms with Gasteiger partial charge in [-0.1, -0.05) is 6.07 Å². The maximum absolute atomic E-state index is 12.6. The molecule has 3 rings (SSSR count). The van der Waals surface area contributed by atoms with Gasteiger partial charge >= 0.3 is 11.9 Å². The van der Waals surface area contributed by atoms with Gasteiger partial charge in [0.1, 0.15) is 5.82 Å². The molecule has 0 radical (unpaired) electrons. The van der Waals surface area contributed by atoms with E-state index in [0.29, 0.717) is 17.1 Å². The van der Waals surface area contributed by atoms with E-state index in [9.17, 15) is 19.7 Å². The van der Waals surface area contributed by atoms with E-state index in [2.05, 4.69) is 10.4 Å². The molecule has 0 saturated heterocycles. The smallest absolute Gasteiger partial charge is 0.301 e. The van der Waals surface area contributed by atoms with E-state index in [-0.39, 0.29) is 17.4 Å². The van der Waals surface area contributed by atoms with E-state index in [1.807, 2.05) is 13.8 Å². The lowest BCUT2D eigenvalue weighted by atomic mass is 9.83. The average molecular weight is 376 g/mol. The number of aromatic amines is 1. The highest BCUT2D eigenvalue weighted by Gasteiger charge is 2.48. The molecule has 2 atom stereocenters. The number of nitro groups is 1. The van der Waals surface area contributed by atoms with Crippen LogP contribution in [0, 0.1) is 10.1 Å². The SMILES string of the molecule is COc1ccc([C@@H]2c3c(n(C(C)C)[nH]c3=O)NC(=O)[C@@H]2[N+](=O)[O-])cc1OC. The van der Waals surface area contributed by atoms with Gasteiger partial charge in [-0.05, 0) is 31.5 Å². The Morgan fingerprint density at radius 1 is 1.19 bits per heavy atom. The fourth-order valence-electron chi connectivity index (χ4n) is 3.38. The van der Waals surface area contributed by atoms with E-state index in [4.69, 9.17) is 9.47 Å². The van der Waals surface area contributed by atoms with Crippen LogP contribution in [0.15, 0.2) is 23.0 Å². The number of carbonyl (C=O) groups excluding carboxylic acids is 1. The molecule has 0 aliphatic carbocycles. The molecular weight excluding hydrogens is 356 g/mol. The van der Waals surface area contributed by atoms with E-state index in [1.165, 1.54) is 18.9 Å². The van der Waals surface area contributed by atoms with Gasteiger partial charge in [0, 0.05) is 11.0 Å². The van der Waals surface area contributed by atoms with Gasteiger partial charge < -0.3 is 14.8 Å². The van der Waals surface area contributed by atoms with Gasteiger partial charge in [0.05, 0.1) is 25.7 Å². The van der Waals surface area contributed by atoms with Crippen LogP contribution in [0.4, 0.5) is 5.82 Å². The summed E-state index contributed by atoms with van der Waals surface area (Å²) in [6.07, 6.45) is 0. The first-order chi connectivity index (χ1) is 12.8. The van der Waals surface area contributed by atoms with Crippen LogP contribution >= 0.6 is 0 Å². The zero-order chi connectivity index (χ0) is 19.9. The van der Waals surface area contributed by atoms with E-state index < -0.39 is 28.3 Å². The molecule has 10 heteroatoms. The number of ether oxygens (including phenoxy) is 2. The number of nitrogens with zero attached hydrogens (tertiary/aromatic N) is 2. The molecule has 0 unspecified atom stereocenters. The van der Waals surface area contributed by atoms with Crippen LogP contribution in [0.5, 0.6) is 11.5 Å². The number of nitrogens with one attached hydrogen (secondary N) is 2. The number of aromatic nitrogens is 2. The number of rotatable bonds is 5. The Labute approximate surface area is 154 Å². The number of anilines is 1. The number of hydrogen-bond acceptors (Lipinski definition) is 6. The summed E-state index contributed by atoms with van der Waals surface area (Å²) in [5, 5.41) is 16.8. The monoisotopic (exact) mass is 376 g/mol. The zero-order valence-corrected chi connectivity index (χ0v) is 15.3. The summed E-state index contributed by atoms with van der Waals surface area (Å²) in [6, 6.07) is 2.94. The number of H-pyrrole nitrogens is 1. The second-order valence-electron chi connectivity index (χ2n) is 6.48. The lowest BCUT2D eigenvalue weighted by Crippen LogP contribution is -2.45. The highest BCUT2D eigenvalue weighted by Crippen LogP contribution is 2.40. The van der Waals surface area contributed by atoms with Crippen molar-refractivity contribution in [2.24, 2.45) is 0 Å². The number of fused-ring (bicyclic) bond motifs is 1. The van der Waals surface area contributed by atoms with Crippen molar-refractivity contribution in [1.82, 2.24) is 9.78 Å². The van der Waals surface area contributed by atoms with Crippen molar-refractivity contribution in [1.29, 1.82) is 0 Å². The molecule has 144 valence electrons. The summed E-state index contributed by atoms with van der Waals surface area (Å²) >= 11 is 0. The predicted octanol–water partition coefficient (Wildman–Crippen LogP) is 1.50. The predicted molar refractivity (Wildman–Crippen MR) is 96.2 cm³/mol. The Bertz CT molecular complexity index is 961. The Morgan fingerprint density at radius 2 is 1.85 bits per heavy atom. The fourth-order valence-corrected chi connectivity index (χ4v) is 3.38. The third kappa shape index (κ3) is 2.92. The first-order valence-corrected chi connectivity index (χ1v) is 8.30. The largest absolute Gasteiger partial charge is 0.493 e. The summed E-state index contributed by atoms with van der Waals surface area (Å²) in [4.78, 5) is 36.1. The number of hydrogen-bond donors (Lipinski definition) is 2. The quantitative estimate of drug-likeness (QED) is 0.601. The molecular formula is C17H20N4O6. The summed E-state index contributed by atoms with van der Waals surface area (Å²) < 4.78 is 12.0. The highest BCUT2D eigenvalue weighted by molar-refractivity contribution is 5.98. The third-order valence-corrected chi connectivity index (χ3v) is 4.61. The van der Waals surface area contributed by atoms with E-state index in [1.54, 1.807) is 18.2 Å². The minimum Gasteiger partial charge on any atom is -0.493 e. The summed E-state index contributed by atoms with van der Waals surface area (Å²) in [5.41, 5.74) is 0.0833. The maximum Gasteiger partial charge on any atom is 0.301 e. The standard InChI is InChI=1S/C17H20N4O6/c1-8(2)20-15-13(16(22)19-20)12(14(21(24)25)17(23)18-15)9-5-6-10(26-3)11(7-9)27-4/h5-8,12,14H,1-4H3,(H,18,23)(H,19,22)/t12-,14-/m1/s1. The fraction of sp³-hybridized carbons (Fsp3) is 0.412. The number of amides is 1. The molecule has 1 aliphatic heterocycles. The lowest BCUT2D eigenvalue weighted by molar-refractivity contribution is -0.509. The molecule has 0 saturated carbocycles. The van der Waals surface area contributed by atoms with Crippen LogP contribution in [0.3, 0.4) is 0 Å². The number of carbonyl (C=O) groups is 1. The second-order valence-corrected chi connectivity index (χ2v) is 6.48. The molecule has 2 aromatic rings. The Hall–Kier alpha value is -3.30. The van der Waals surface area contributed by atoms with Crippen molar-refractivity contribution in [2.75, 3.05) is 19.5 Å². The Morgan fingerprint density at radius 3 is 2.41 bits per heavy atom. The molecule has 2 N–H and O–H groups in total. The summed E-state index contributed by atoms with van der Waals surface area (Å²) in [7, 11) is 2.91. The van der Waals surface area contributed by atoms with E-state index in [0.717, 1.165) is 0 Å². The molecule has 0 bridgehead atoms. The van der Waals surface area contributed by atoms with Gasteiger partial charge in [-0.3, -0.25) is 29.5 Å². The van der Waals surface area contributed by atoms with Crippen LogP contribution < -0.4 is 20.3 Å². The van der Waals surface area contributed by atoms with E-state index >= 15 is 0 Å². The van der Waals surface area contributed by atoms with Crippen molar-refractivity contribution in [3.63, 3.8) is 0 Å². The minimum absolute atomic E-state index is 0.150. The second kappa shape index (κ2) is 6.78. The topological polar surface area (TPSA) is 128 Å². The van der Waals surface area contributed by atoms with Gasteiger partial charge in [-0.15, -0.1) is 0 Å². The van der Waals surface area contributed by atoms with Crippen molar-refractivity contribution in [3.8, 4) is 11.5 Å². The Kier molecular flexibility index (Phi) is 4.64. The lowest BCUT2D eigenvalue weighted by Gasteiger charge is -2.27. The molecule has 1 aliphatic rings. The zero-order valence-electron chi connectivity index (χ0n) is 15.3.